The quantitative estimate of drug-likeness (QED) is 0.327. The molecule has 0 aromatic carbocycles. The molecule has 0 saturated carbocycles. The Labute approximate surface area is 245 Å². The van der Waals surface area contributed by atoms with Gasteiger partial charge in [-0.05, 0) is 80.2 Å². The zero-order valence-corrected chi connectivity index (χ0v) is 25.1. The molecule has 1 fully saturated rings. The van der Waals surface area contributed by atoms with Gasteiger partial charge < -0.3 is 19.9 Å². The van der Waals surface area contributed by atoms with Crippen LogP contribution in [0.25, 0.3) is 0 Å². The van der Waals surface area contributed by atoms with Gasteiger partial charge in [0.15, 0.2) is 0 Å². The molecule has 0 unspecified atom stereocenters. The topological polar surface area (TPSA) is 122 Å². The summed E-state index contributed by atoms with van der Waals surface area (Å²) in [6.07, 6.45) is 10.3. The Kier molecular flexibility index (Phi) is 7.86. The summed E-state index contributed by atoms with van der Waals surface area (Å²) in [4.78, 5) is 39.9. The molecular weight excluding hydrogens is 532 g/mol. The molecule has 0 spiro atoms. The van der Waals surface area contributed by atoms with Crippen LogP contribution in [0.5, 0.6) is 0 Å². The molecule has 5 aliphatic rings. The molecule has 9 nitrogen and oxygen atoms in total. The van der Waals surface area contributed by atoms with Crippen molar-refractivity contribution in [1.29, 1.82) is 0 Å². The standard InChI is InChI=1S/C33H36N4O5/c1-8-20-16(2)25-12-29-22(15-38)18(4)24(36-29)11-23-17(3)21(9-10-31(39)41-6)28(35-23)14-30-32(33(40)42-7)19(5)26(37-30)13-27(20)34-25/h11-15,17,21,35,38H,8-10H2,1-7H3/b22-15+,23-11?,25-12?,26-13?,28-14?/t17-,21-/m0/s1. The number of rotatable bonds is 5. The molecular formula is C33H36N4O5. The Morgan fingerprint density at radius 1 is 0.905 bits per heavy atom. The molecule has 0 amide bonds. The summed E-state index contributed by atoms with van der Waals surface area (Å²) < 4.78 is 10.1. The zero-order valence-electron chi connectivity index (χ0n) is 25.1. The molecule has 0 aromatic rings. The van der Waals surface area contributed by atoms with Gasteiger partial charge in [0.05, 0.1) is 60.3 Å². The van der Waals surface area contributed by atoms with E-state index in [0.29, 0.717) is 40.3 Å². The number of allylic oxidation sites excluding steroid dienone is 11. The van der Waals surface area contributed by atoms with Crippen molar-refractivity contribution < 1.29 is 24.2 Å². The van der Waals surface area contributed by atoms with Gasteiger partial charge in [0.2, 0.25) is 0 Å². The van der Waals surface area contributed by atoms with Crippen molar-refractivity contribution >= 4 is 29.1 Å². The molecule has 2 atom stereocenters. The van der Waals surface area contributed by atoms with E-state index in [4.69, 9.17) is 24.5 Å². The second-order valence-electron chi connectivity index (χ2n) is 10.9. The van der Waals surface area contributed by atoms with Gasteiger partial charge >= 0.3 is 11.9 Å². The van der Waals surface area contributed by atoms with Gasteiger partial charge in [-0.25, -0.2) is 19.8 Å². The lowest BCUT2D eigenvalue weighted by atomic mass is 9.88. The lowest BCUT2D eigenvalue weighted by Gasteiger charge is -2.15. The zero-order chi connectivity index (χ0) is 30.3. The Morgan fingerprint density at radius 3 is 2.26 bits per heavy atom. The first-order chi connectivity index (χ1) is 20.1. The van der Waals surface area contributed by atoms with Gasteiger partial charge in [-0.1, -0.05) is 13.8 Å². The Morgan fingerprint density at radius 2 is 1.60 bits per heavy atom. The van der Waals surface area contributed by atoms with Gasteiger partial charge in [0.1, 0.15) is 0 Å². The number of fused-ring (bicyclic) bond motifs is 5. The molecule has 42 heavy (non-hydrogen) atoms. The highest BCUT2D eigenvalue weighted by atomic mass is 16.5. The van der Waals surface area contributed by atoms with Crippen molar-refractivity contribution in [3.63, 3.8) is 0 Å². The fourth-order valence-electron chi connectivity index (χ4n) is 6.05. The van der Waals surface area contributed by atoms with Crippen LogP contribution in [0.2, 0.25) is 0 Å². The molecule has 0 aliphatic carbocycles. The summed E-state index contributed by atoms with van der Waals surface area (Å²) in [5.74, 6) is -0.824. The van der Waals surface area contributed by atoms with Crippen molar-refractivity contribution in [2.24, 2.45) is 26.8 Å². The van der Waals surface area contributed by atoms with Gasteiger partial charge in [0.25, 0.3) is 0 Å². The smallest absolute Gasteiger partial charge is 0.340 e. The number of aliphatic hydroxyl groups excluding tert-OH is 1. The van der Waals surface area contributed by atoms with Gasteiger partial charge in [-0.2, -0.15) is 0 Å². The number of esters is 2. The van der Waals surface area contributed by atoms with E-state index in [2.05, 4.69) is 19.2 Å². The van der Waals surface area contributed by atoms with Crippen LogP contribution in [-0.2, 0) is 19.1 Å². The first-order valence-corrected chi connectivity index (χ1v) is 14.1. The van der Waals surface area contributed by atoms with Crippen molar-refractivity contribution in [2.45, 2.75) is 53.9 Å². The minimum absolute atomic E-state index is 0.00132. The number of carbonyl (C=O) groups is 2. The first-order valence-electron chi connectivity index (χ1n) is 14.1. The molecule has 5 heterocycles. The number of hydrogen-bond acceptors (Lipinski definition) is 9. The predicted octanol–water partition coefficient (Wildman–Crippen LogP) is 5.64. The van der Waals surface area contributed by atoms with Crippen LogP contribution < -0.4 is 5.32 Å². The molecule has 5 rings (SSSR count). The number of nitrogens with one attached hydrogen (secondary N) is 1. The third-order valence-corrected chi connectivity index (χ3v) is 8.62. The normalized spacial score (nSPS) is 24.2. The van der Waals surface area contributed by atoms with Crippen LogP contribution in [0.1, 0.15) is 53.9 Å². The highest BCUT2D eigenvalue weighted by molar-refractivity contribution is 6.28. The highest BCUT2D eigenvalue weighted by Crippen LogP contribution is 2.40. The van der Waals surface area contributed by atoms with E-state index in [-0.39, 0.29) is 24.2 Å². The van der Waals surface area contributed by atoms with Crippen LogP contribution in [0.3, 0.4) is 0 Å². The van der Waals surface area contributed by atoms with Crippen LogP contribution in [-0.4, -0.2) is 48.4 Å². The van der Waals surface area contributed by atoms with E-state index < -0.39 is 5.97 Å². The second-order valence-corrected chi connectivity index (χ2v) is 10.9. The summed E-state index contributed by atoms with van der Waals surface area (Å²) in [5.41, 5.74) is 10.4. The van der Waals surface area contributed by atoms with Gasteiger partial charge in [-0.3, -0.25) is 4.79 Å². The Hall–Kier alpha value is -4.53. The van der Waals surface area contributed by atoms with Crippen LogP contribution in [0, 0.1) is 11.8 Å². The number of carbonyl (C=O) groups excluding carboxylic acids is 2. The van der Waals surface area contributed by atoms with Crippen molar-refractivity contribution in [3.05, 3.63) is 92.5 Å². The summed E-state index contributed by atoms with van der Waals surface area (Å²) in [5, 5.41) is 13.7. The molecule has 2 N–H and O–H groups in total. The fourth-order valence-corrected chi connectivity index (χ4v) is 6.05. The van der Waals surface area contributed by atoms with E-state index in [1.807, 2.05) is 45.1 Å². The predicted molar refractivity (Wildman–Crippen MR) is 163 cm³/mol. The molecule has 1 saturated heterocycles. The van der Waals surface area contributed by atoms with E-state index in [0.717, 1.165) is 57.9 Å². The third-order valence-electron chi connectivity index (χ3n) is 8.62. The lowest BCUT2D eigenvalue weighted by molar-refractivity contribution is -0.141. The Balaban J connectivity index is 1.76. The molecule has 5 aliphatic heterocycles. The number of aliphatic hydroxyl groups is 1. The molecule has 0 aromatic heterocycles. The average molecular weight is 569 g/mol. The summed E-state index contributed by atoms with van der Waals surface area (Å²) in [6, 6.07) is 0. The maximum absolute atomic E-state index is 13.0. The number of methoxy groups -OCH3 is 2. The fraction of sp³-hybridized carbons (Fsp3) is 0.364. The molecule has 0 radical (unpaired) electrons. The van der Waals surface area contributed by atoms with Gasteiger partial charge in [-0.15, -0.1) is 0 Å². The minimum Gasteiger partial charge on any atom is -0.515 e. The van der Waals surface area contributed by atoms with Gasteiger partial charge in [0, 0.05) is 35.2 Å². The lowest BCUT2D eigenvalue weighted by Crippen LogP contribution is -2.16. The third kappa shape index (κ3) is 4.93. The molecule has 8 bridgehead atoms. The second kappa shape index (κ2) is 11.4. The average Bonchev–Trinajstić information content (AvgIpc) is 3.64. The summed E-state index contributed by atoms with van der Waals surface area (Å²) in [6.45, 7) is 10.00. The number of aliphatic imine (C=N–C) groups is 3. The van der Waals surface area contributed by atoms with Crippen LogP contribution in [0.4, 0.5) is 0 Å². The molecule has 218 valence electrons. The minimum atomic E-state index is -0.467. The summed E-state index contributed by atoms with van der Waals surface area (Å²) >= 11 is 0. The maximum Gasteiger partial charge on any atom is 0.340 e. The van der Waals surface area contributed by atoms with Crippen LogP contribution >= 0.6 is 0 Å². The summed E-state index contributed by atoms with van der Waals surface area (Å²) in [7, 11) is 2.75. The Bertz CT molecular complexity index is 1630. The first kappa shape index (κ1) is 29.0. The van der Waals surface area contributed by atoms with Crippen molar-refractivity contribution in [1.82, 2.24) is 5.32 Å². The van der Waals surface area contributed by atoms with Crippen molar-refractivity contribution in [3.8, 4) is 0 Å². The number of ether oxygens (including phenoxy) is 2. The largest absolute Gasteiger partial charge is 0.515 e. The van der Waals surface area contributed by atoms with E-state index >= 15 is 0 Å². The van der Waals surface area contributed by atoms with Crippen molar-refractivity contribution in [2.75, 3.05) is 14.2 Å². The molecule has 9 heteroatoms. The number of nitrogens with zero attached hydrogens (tertiary/aromatic N) is 3. The van der Waals surface area contributed by atoms with Crippen LogP contribution in [0.15, 0.2) is 107 Å². The van der Waals surface area contributed by atoms with E-state index in [1.165, 1.54) is 14.2 Å². The highest BCUT2D eigenvalue weighted by Gasteiger charge is 2.36. The maximum atomic E-state index is 13.0. The van der Waals surface area contributed by atoms with E-state index in [9.17, 15) is 14.7 Å². The number of hydrogen-bond donors (Lipinski definition) is 2. The monoisotopic (exact) mass is 568 g/mol. The SMILES string of the molecule is CCC1=C(C)C2=CC3=NC(=C(C)/C3=C\O)C=C3NC(=CC4=NC(=CC1=N2)C(C)=C4C(=O)OC)[C@@H](CCC(=O)OC)[C@@H]3C. The van der Waals surface area contributed by atoms with E-state index in [1.54, 1.807) is 0 Å².